The summed E-state index contributed by atoms with van der Waals surface area (Å²) in [6.07, 6.45) is 3.63. The minimum atomic E-state index is 0.628. The first kappa shape index (κ1) is 7.85. The number of nitrogens with two attached hydrogens (primary N) is 2. The maximum Gasteiger partial charge on any atom is 0.0766 e. The molecule has 3 nitrogen and oxygen atoms in total. The molecule has 1 heterocycles. The molecule has 0 bridgehead atoms. The van der Waals surface area contributed by atoms with Gasteiger partial charge in [-0.25, -0.2) is 0 Å². The fourth-order valence-corrected chi connectivity index (χ4v) is 0.969. The first-order valence-corrected chi connectivity index (χ1v) is 3.74. The van der Waals surface area contributed by atoms with Crippen LogP contribution in [0.25, 0.3) is 0 Å². The zero-order chi connectivity index (χ0) is 8.27. The molecule has 1 aromatic rings. The van der Waals surface area contributed by atoms with E-state index in [0.29, 0.717) is 11.4 Å². The average molecular weight is 151 g/mol. The van der Waals surface area contributed by atoms with Gasteiger partial charge in [-0.1, -0.05) is 13.3 Å². The summed E-state index contributed by atoms with van der Waals surface area (Å²) in [4.78, 5) is 4.12. The fraction of sp³-hybridized carbons (Fsp3) is 0.375. The van der Waals surface area contributed by atoms with Crippen LogP contribution in [-0.2, 0) is 6.42 Å². The maximum absolute atomic E-state index is 5.68. The summed E-state index contributed by atoms with van der Waals surface area (Å²) >= 11 is 0. The average Bonchev–Trinajstić information content (AvgIpc) is 1.99. The van der Waals surface area contributed by atoms with Crippen LogP contribution in [0.4, 0.5) is 11.4 Å². The van der Waals surface area contributed by atoms with Gasteiger partial charge in [-0.15, -0.1) is 0 Å². The summed E-state index contributed by atoms with van der Waals surface area (Å²) in [7, 11) is 0. The Morgan fingerprint density at radius 1 is 1.45 bits per heavy atom. The summed E-state index contributed by atoms with van der Waals surface area (Å²) in [5.41, 5.74) is 13.4. The number of rotatable bonds is 2. The number of nitrogens with zero attached hydrogens (tertiary/aromatic N) is 1. The minimum Gasteiger partial charge on any atom is -0.397 e. The van der Waals surface area contributed by atoms with E-state index < -0.39 is 0 Å². The number of hydrogen-bond acceptors (Lipinski definition) is 3. The van der Waals surface area contributed by atoms with Gasteiger partial charge in [0.15, 0.2) is 0 Å². The Morgan fingerprint density at radius 2 is 2.18 bits per heavy atom. The van der Waals surface area contributed by atoms with Crippen LogP contribution in [0.1, 0.15) is 19.0 Å². The Hall–Kier alpha value is -1.25. The molecule has 0 aliphatic heterocycles. The van der Waals surface area contributed by atoms with E-state index in [1.807, 2.05) is 0 Å². The van der Waals surface area contributed by atoms with Crippen LogP contribution >= 0.6 is 0 Å². The van der Waals surface area contributed by atoms with Crippen molar-refractivity contribution >= 4 is 11.4 Å². The van der Waals surface area contributed by atoms with E-state index in [-0.39, 0.29) is 0 Å². The summed E-state index contributed by atoms with van der Waals surface area (Å²) < 4.78 is 0. The third kappa shape index (κ3) is 1.61. The SMILES string of the molecule is CCCc1nccc(N)c1N. The third-order valence-corrected chi connectivity index (χ3v) is 1.59. The van der Waals surface area contributed by atoms with Crippen LogP contribution in [-0.4, -0.2) is 4.98 Å². The zero-order valence-electron chi connectivity index (χ0n) is 6.67. The van der Waals surface area contributed by atoms with E-state index in [4.69, 9.17) is 11.5 Å². The van der Waals surface area contributed by atoms with Gasteiger partial charge >= 0.3 is 0 Å². The van der Waals surface area contributed by atoms with Gasteiger partial charge in [0.2, 0.25) is 0 Å². The van der Waals surface area contributed by atoms with E-state index >= 15 is 0 Å². The van der Waals surface area contributed by atoms with Gasteiger partial charge in [0.1, 0.15) is 0 Å². The molecule has 0 aromatic carbocycles. The molecule has 0 fully saturated rings. The molecule has 0 atom stereocenters. The molecule has 0 spiro atoms. The van der Waals surface area contributed by atoms with E-state index in [9.17, 15) is 0 Å². The quantitative estimate of drug-likeness (QED) is 0.667. The molecule has 1 aromatic heterocycles. The molecule has 0 aliphatic carbocycles. The topological polar surface area (TPSA) is 64.9 Å². The lowest BCUT2D eigenvalue weighted by molar-refractivity contribution is 0.887. The molecule has 0 aliphatic rings. The molecule has 0 radical (unpaired) electrons. The molecule has 3 heteroatoms. The lowest BCUT2D eigenvalue weighted by atomic mass is 10.2. The maximum atomic E-state index is 5.68. The smallest absolute Gasteiger partial charge is 0.0766 e. The molecule has 4 N–H and O–H groups in total. The van der Waals surface area contributed by atoms with Gasteiger partial charge in [0.25, 0.3) is 0 Å². The molecule has 0 amide bonds. The Bertz CT molecular complexity index is 245. The normalized spacial score (nSPS) is 9.91. The van der Waals surface area contributed by atoms with Gasteiger partial charge < -0.3 is 11.5 Å². The van der Waals surface area contributed by atoms with Crippen molar-refractivity contribution in [3.05, 3.63) is 18.0 Å². The van der Waals surface area contributed by atoms with Crippen molar-refractivity contribution in [2.24, 2.45) is 0 Å². The lowest BCUT2D eigenvalue weighted by Crippen LogP contribution is -2.01. The molecular weight excluding hydrogens is 138 g/mol. The number of aryl methyl sites for hydroxylation is 1. The first-order chi connectivity index (χ1) is 5.25. The number of aromatic nitrogens is 1. The van der Waals surface area contributed by atoms with Crippen LogP contribution in [0, 0.1) is 0 Å². The molecule has 11 heavy (non-hydrogen) atoms. The van der Waals surface area contributed by atoms with Crippen molar-refractivity contribution in [1.82, 2.24) is 4.98 Å². The van der Waals surface area contributed by atoms with E-state index in [0.717, 1.165) is 18.5 Å². The first-order valence-electron chi connectivity index (χ1n) is 3.74. The second kappa shape index (κ2) is 3.23. The van der Waals surface area contributed by atoms with Crippen LogP contribution in [0.3, 0.4) is 0 Å². The third-order valence-electron chi connectivity index (χ3n) is 1.59. The van der Waals surface area contributed by atoms with Crippen molar-refractivity contribution in [2.45, 2.75) is 19.8 Å². The predicted octanol–water partition coefficient (Wildman–Crippen LogP) is 1.20. The highest BCUT2D eigenvalue weighted by Crippen LogP contribution is 2.17. The van der Waals surface area contributed by atoms with Crippen LogP contribution in [0.2, 0.25) is 0 Å². The highest BCUT2D eigenvalue weighted by molar-refractivity contribution is 5.64. The molecule has 60 valence electrons. The molecule has 0 saturated heterocycles. The summed E-state index contributed by atoms with van der Waals surface area (Å²) in [6, 6.07) is 1.72. The number of hydrogen-bond donors (Lipinski definition) is 2. The van der Waals surface area contributed by atoms with Crippen LogP contribution < -0.4 is 11.5 Å². The van der Waals surface area contributed by atoms with Crippen molar-refractivity contribution in [2.75, 3.05) is 11.5 Å². The van der Waals surface area contributed by atoms with Gasteiger partial charge in [-0.3, -0.25) is 4.98 Å². The number of anilines is 2. The molecule has 0 saturated carbocycles. The summed E-state index contributed by atoms with van der Waals surface area (Å²) in [5, 5.41) is 0. The van der Waals surface area contributed by atoms with Crippen molar-refractivity contribution in [3.8, 4) is 0 Å². The molecule has 0 unspecified atom stereocenters. The predicted molar refractivity (Wildman–Crippen MR) is 47.1 cm³/mol. The largest absolute Gasteiger partial charge is 0.397 e. The van der Waals surface area contributed by atoms with Gasteiger partial charge in [0.05, 0.1) is 17.1 Å². The molecule has 1 rings (SSSR count). The Labute approximate surface area is 66.4 Å². The second-order valence-electron chi connectivity index (χ2n) is 2.51. The molecular formula is C8H13N3. The van der Waals surface area contributed by atoms with E-state index in [1.165, 1.54) is 0 Å². The minimum absolute atomic E-state index is 0.628. The van der Waals surface area contributed by atoms with Crippen molar-refractivity contribution < 1.29 is 0 Å². The zero-order valence-corrected chi connectivity index (χ0v) is 6.67. The second-order valence-corrected chi connectivity index (χ2v) is 2.51. The van der Waals surface area contributed by atoms with Gasteiger partial charge in [-0.05, 0) is 12.5 Å². The fourth-order valence-electron chi connectivity index (χ4n) is 0.969. The van der Waals surface area contributed by atoms with Gasteiger partial charge in [-0.2, -0.15) is 0 Å². The number of pyridine rings is 1. The van der Waals surface area contributed by atoms with Crippen LogP contribution in [0.15, 0.2) is 12.3 Å². The summed E-state index contributed by atoms with van der Waals surface area (Å²) in [5.74, 6) is 0. The lowest BCUT2D eigenvalue weighted by Gasteiger charge is -2.04. The van der Waals surface area contributed by atoms with E-state index in [1.54, 1.807) is 12.3 Å². The van der Waals surface area contributed by atoms with Crippen LogP contribution in [0.5, 0.6) is 0 Å². The summed E-state index contributed by atoms with van der Waals surface area (Å²) in [6.45, 7) is 2.09. The number of nitrogen functional groups attached to an aromatic ring is 2. The monoisotopic (exact) mass is 151 g/mol. The Morgan fingerprint density at radius 3 is 2.82 bits per heavy atom. The highest BCUT2D eigenvalue weighted by atomic mass is 14.8. The Kier molecular flexibility index (Phi) is 2.31. The van der Waals surface area contributed by atoms with E-state index in [2.05, 4.69) is 11.9 Å². The van der Waals surface area contributed by atoms with Crippen molar-refractivity contribution in [1.29, 1.82) is 0 Å². The Balaban J connectivity index is 2.96. The van der Waals surface area contributed by atoms with Crippen molar-refractivity contribution in [3.63, 3.8) is 0 Å². The standard InChI is InChI=1S/C8H13N3/c1-2-3-7-8(10)6(9)4-5-11-7/h4-5H,2-3,10H2,1H3,(H2,9,11). The highest BCUT2D eigenvalue weighted by Gasteiger charge is 2.00. The van der Waals surface area contributed by atoms with Gasteiger partial charge in [0, 0.05) is 6.20 Å².